The monoisotopic (exact) mass is 221 g/mol. The third-order valence-electron chi connectivity index (χ3n) is 2.67. The van der Waals surface area contributed by atoms with Crippen molar-refractivity contribution in [2.24, 2.45) is 5.92 Å². The minimum atomic E-state index is -4.14. The predicted octanol–water partition coefficient (Wildman–Crippen LogP) is 2.41. The third-order valence-corrected chi connectivity index (χ3v) is 2.67. The number of hydrogen-bond donors (Lipinski definition) is 1. The lowest BCUT2D eigenvalue weighted by molar-refractivity contribution is -0.184. The van der Waals surface area contributed by atoms with Crippen LogP contribution < -0.4 is 5.32 Å². The molecule has 1 aliphatic carbocycles. The van der Waals surface area contributed by atoms with Crippen molar-refractivity contribution in [2.45, 2.75) is 37.9 Å². The first-order valence-corrected chi connectivity index (χ1v) is 4.93. The summed E-state index contributed by atoms with van der Waals surface area (Å²) in [5, 5.41) is 2.51. The highest BCUT2D eigenvalue weighted by molar-refractivity contribution is 5.87. The van der Waals surface area contributed by atoms with E-state index in [-0.39, 0.29) is 18.9 Å². The van der Waals surface area contributed by atoms with E-state index in [0.29, 0.717) is 12.8 Å². The zero-order valence-corrected chi connectivity index (χ0v) is 8.31. The molecule has 1 saturated carbocycles. The Morgan fingerprint density at radius 2 is 2.07 bits per heavy atom. The molecule has 1 aliphatic rings. The fourth-order valence-electron chi connectivity index (χ4n) is 1.88. The van der Waals surface area contributed by atoms with Gasteiger partial charge in [-0.15, -0.1) is 0 Å². The van der Waals surface area contributed by atoms with E-state index in [4.69, 9.17) is 0 Å². The van der Waals surface area contributed by atoms with E-state index >= 15 is 0 Å². The zero-order chi connectivity index (χ0) is 11.5. The van der Waals surface area contributed by atoms with E-state index in [0.717, 1.165) is 6.08 Å². The molecular weight excluding hydrogens is 207 g/mol. The maximum atomic E-state index is 12.4. The van der Waals surface area contributed by atoms with Crippen LogP contribution in [0.4, 0.5) is 13.2 Å². The fourth-order valence-corrected chi connectivity index (χ4v) is 1.88. The summed E-state index contributed by atoms with van der Waals surface area (Å²) in [6.45, 7) is 3.26. The Kier molecular flexibility index (Phi) is 3.77. The van der Waals surface area contributed by atoms with Crippen LogP contribution in [0.2, 0.25) is 0 Å². The lowest BCUT2D eigenvalue weighted by Gasteiger charge is -2.30. The van der Waals surface area contributed by atoms with Crippen LogP contribution >= 0.6 is 0 Å². The van der Waals surface area contributed by atoms with Crippen molar-refractivity contribution >= 4 is 5.91 Å². The number of carbonyl (C=O) groups excluding carboxylic acids is 1. The lowest BCUT2D eigenvalue weighted by Crippen LogP contribution is -2.40. The molecule has 0 aliphatic heterocycles. The average Bonchev–Trinajstić information content (AvgIpc) is 2.17. The van der Waals surface area contributed by atoms with E-state index in [1.54, 1.807) is 0 Å². The summed E-state index contributed by atoms with van der Waals surface area (Å²) in [6.07, 6.45) is -1.78. The van der Waals surface area contributed by atoms with Crippen molar-refractivity contribution in [1.29, 1.82) is 0 Å². The molecule has 0 bridgehead atoms. The minimum Gasteiger partial charge on any atom is -0.350 e. The lowest BCUT2D eigenvalue weighted by atomic mass is 9.85. The number of nitrogens with one attached hydrogen (secondary N) is 1. The first-order chi connectivity index (χ1) is 6.93. The molecule has 1 fully saturated rings. The van der Waals surface area contributed by atoms with Gasteiger partial charge in [0.1, 0.15) is 0 Å². The molecule has 1 rings (SSSR count). The van der Waals surface area contributed by atoms with Gasteiger partial charge in [0.25, 0.3) is 0 Å². The number of amides is 1. The van der Waals surface area contributed by atoms with Gasteiger partial charge in [0, 0.05) is 6.04 Å². The van der Waals surface area contributed by atoms with Crippen LogP contribution in [0.15, 0.2) is 12.7 Å². The Balaban J connectivity index is 2.49. The van der Waals surface area contributed by atoms with Gasteiger partial charge in [0.2, 0.25) is 5.91 Å². The van der Waals surface area contributed by atoms with Crippen LogP contribution in [0.1, 0.15) is 25.7 Å². The topological polar surface area (TPSA) is 29.1 Å². The molecule has 0 aromatic carbocycles. The van der Waals surface area contributed by atoms with E-state index < -0.39 is 18.0 Å². The maximum Gasteiger partial charge on any atom is 0.391 e. The van der Waals surface area contributed by atoms with Crippen LogP contribution in [0.3, 0.4) is 0 Å². The van der Waals surface area contributed by atoms with Crippen molar-refractivity contribution in [3.05, 3.63) is 12.7 Å². The molecule has 0 aromatic heterocycles. The molecule has 0 saturated heterocycles. The quantitative estimate of drug-likeness (QED) is 0.713. The van der Waals surface area contributed by atoms with Crippen molar-refractivity contribution in [1.82, 2.24) is 5.32 Å². The van der Waals surface area contributed by atoms with Gasteiger partial charge in [-0.2, -0.15) is 13.2 Å². The van der Waals surface area contributed by atoms with Gasteiger partial charge < -0.3 is 5.32 Å². The summed E-state index contributed by atoms with van der Waals surface area (Å²) < 4.78 is 37.2. The zero-order valence-electron chi connectivity index (χ0n) is 8.31. The third kappa shape index (κ3) is 3.57. The molecule has 2 atom stereocenters. The van der Waals surface area contributed by atoms with E-state index in [1.165, 1.54) is 0 Å². The van der Waals surface area contributed by atoms with Crippen LogP contribution in [-0.4, -0.2) is 18.1 Å². The van der Waals surface area contributed by atoms with Gasteiger partial charge in [-0.1, -0.05) is 13.0 Å². The van der Waals surface area contributed by atoms with Crippen molar-refractivity contribution < 1.29 is 18.0 Å². The number of hydrogen-bond acceptors (Lipinski definition) is 1. The Bertz CT molecular complexity index is 250. The average molecular weight is 221 g/mol. The van der Waals surface area contributed by atoms with Gasteiger partial charge in [-0.3, -0.25) is 4.79 Å². The number of rotatable bonds is 2. The molecule has 1 N–H and O–H groups in total. The number of carbonyl (C=O) groups is 1. The Morgan fingerprint density at radius 3 is 2.60 bits per heavy atom. The first kappa shape index (κ1) is 12.1. The maximum absolute atomic E-state index is 12.4. The molecule has 1 amide bonds. The van der Waals surface area contributed by atoms with E-state index in [9.17, 15) is 18.0 Å². The minimum absolute atomic E-state index is 0.0108. The van der Waals surface area contributed by atoms with Gasteiger partial charge >= 0.3 is 6.18 Å². The second-order valence-corrected chi connectivity index (χ2v) is 3.81. The molecule has 86 valence electrons. The standard InChI is InChI=1S/C10H14F3NO/c1-2-9(15)14-8-5-3-4-7(6-8)10(11,12)13/h2,7-8H,1,3-6H2,(H,14,15). The van der Waals surface area contributed by atoms with Crippen molar-refractivity contribution in [3.63, 3.8) is 0 Å². The summed E-state index contributed by atoms with van der Waals surface area (Å²) in [6, 6.07) is -0.365. The summed E-state index contributed by atoms with van der Waals surface area (Å²) in [4.78, 5) is 10.9. The molecule has 2 nitrogen and oxygen atoms in total. The van der Waals surface area contributed by atoms with Crippen LogP contribution in [0, 0.1) is 5.92 Å². The molecule has 0 aromatic rings. The highest BCUT2D eigenvalue weighted by Crippen LogP contribution is 2.37. The van der Waals surface area contributed by atoms with E-state index in [1.807, 2.05) is 0 Å². The number of halogens is 3. The molecule has 0 heterocycles. The predicted molar refractivity (Wildman–Crippen MR) is 50.1 cm³/mol. The normalized spacial score (nSPS) is 27.1. The molecule has 2 unspecified atom stereocenters. The molecule has 5 heteroatoms. The van der Waals surface area contributed by atoms with Crippen LogP contribution in [0.25, 0.3) is 0 Å². The largest absolute Gasteiger partial charge is 0.391 e. The van der Waals surface area contributed by atoms with Gasteiger partial charge in [-0.05, 0) is 25.3 Å². The Hall–Kier alpha value is -1.00. The fraction of sp³-hybridized carbons (Fsp3) is 0.700. The van der Waals surface area contributed by atoms with E-state index in [2.05, 4.69) is 11.9 Å². The smallest absolute Gasteiger partial charge is 0.350 e. The molecule has 0 spiro atoms. The highest BCUT2D eigenvalue weighted by Gasteiger charge is 2.42. The summed E-state index contributed by atoms with van der Waals surface area (Å²) >= 11 is 0. The summed E-state index contributed by atoms with van der Waals surface area (Å²) in [5.74, 6) is -1.68. The second-order valence-electron chi connectivity index (χ2n) is 3.81. The Morgan fingerprint density at radius 1 is 1.40 bits per heavy atom. The van der Waals surface area contributed by atoms with Crippen molar-refractivity contribution in [2.75, 3.05) is 0 Å². The molecular formula is C10H14F3NO. The summed E-state index contributed by atoms with van der Waals surface area (Å²) in [5.41, 5.74) is 0. The Labute approximate surface area is 86.5 Å². The van der Waals surface area contributed by atoms with Crippen LogP contribution in [0.5, 0.6) is 0 Å². The van der Waals surface area contributed by atoms with Gasteiger partial charge in [0.15, 0.2) is 0 Å². The summed E-state index contributed by atoms with van der Waals surface area (Å²) in [7, 11) is 0. The highest BCUT2D eigenvalue weighted by atomic mass is 19.4. The van der Waals surface area contributed by atoms with Crippen LogP contribution in [-0.2, 0) is 4.79 Å². The molecule has 0 radical (unpaired) electrons. The first-order valence-electron chi connectivity index (χ1n) is 4.93. The van der Waals surface area contributed by atoms with Gasteiger partial charge in [-0.25, -0.2) is 0 Å². The second kappa shape index (κ2) is 4.68. The number of alkyl halides is 3. The van der Waals surface area contributed by atoms with Gasteiger partial charge in [0.05, 0.1) is 5.92 Å². The molecule has 15 heavy (non-hydrogen) atoms. The SMILES string of the molecule is C=CC(=O)NC1CCCC(C(F)(F)F)C1. The van der Waals surface area contributed by atoms with Crippen molar-refractivity contribution in [3.8, 4) is 0 Å².